The maximum atomic E-state index is 12.9. The predicted octanol–water partition coefficient (Wildman–Crippen LogP) is -0.202. The van der Waals surface area contributed by atoms with Crippen LogP contribution in [0.3, 0.4) is 0 Å². The third kappa shape index (κ3) is 52.8. The number of amides is 4. The number of nitrogens with two attached hydrogens (primary N) is 4. The molecule has 4 amide bonds. The van der Waals surface area contributed by atoms with Crippen LogP contribution < -0.4 is 57.2 Å². The molecule has 0 unspecified atom stereocenters. The highest BCUT2D eigenvalue weighted by Crippen LogP contribution is 2.35. The van der Waals surface area contributed by atoms with Gasteiger partial charge < -0.3 is 67.2 Å². The number of methoxy groups -OCH3 is 2. The van der Waals surface area contributed by atoms with Gasteiger partial charge in [-0.1, -0.05) is 34.8 Å². The van der Waals surface area contributed by atoms with Gasteiger partial charge in [-0.3, -0.25) is 53.2 Å². The lowest BCUT2D eigenvalue weighted by Crippen LogP contribution is -2.46. The third-order valence-corrected chi connectivity index (χ3v) is 16.5. The molecule has 0 saturated carbocycles. The number of carbonyl (C=O) groups is 8. The number of ether oxygens (including phenoxy) is 4. The molecular weight excluding hydrogens is 1630 g/mol. The summed E-state index contributed by atoms with van der Waals surface area (Å²) >= 11 is 22.1. The number of halogens is 3. The first-order valence-corrected chi connectivity index (χ1v) is 42.9. The lowest BCUT2D eigenvalue weighted by molar-refractivity contribution is -0.143. The summed E-state index contributed by atoms with van der Waals surface area (Å²) in [6.07, 6.45) is 7.33. The zero-order valence-corrected chi connectivity index (χ0v) is 69.5. The van der Waals surface area contributed by atoms with Gasteiger partial charge in [-0.2, -0.15) is 0 Å². The van der Waals surface area contributed by atoms with Crippen LogP contribution in [0.15, 0.2) is 55.3 Å². The van der Waals surface area contributed by atoms with Gasteiger partial charge in [-0.25, -0.2) is 76.2 Å². The van der Waals surface area contributed by atoms with E-state index in [1.54, 1.807) is 94.2 Å². The van der Waals surface area contributed by atoms with Crippen molar-refractivity contribution in [2.45, 2.75) is 104 Å². The summed E-state index contributed by atoms with van der Waals surface area (Å²) in [5, 5.41) is 30.0. The Kier molecular flexibility index (Phi) is 46.2. The van der Waals surface area contributed by atoms with Crippen LogP contribution in [0, 0.1) is 0 Å². The Hall–Kier alpha value is -7.81. The van der Waals surface area contributed by atoms with E-state index in [1.165, 1.54) is 27.0 Å². The maximum absolute atomic E-state index is 12.9. The van der Waals surface area contributed by atoms with Crippen molar-refractivity contribution in [2.24, 2.45) is 47.3 Å². The molecule has 41 nitrogen and oxygen atoms in total. The molecule has 0 spiro atoms. The van der Waals surface area contributed by atoms with Crippen LogP contribution in [-0.2, 0) is 101 Å². The Morgan fingerprint density at radius 1 is 0.607 bits per heavy atom. The summed E-state index contributed by atoms with van der Waals surface area (Å²) in [5.41, 5.74) is 16.1. The molecule has 107 heavy (non-hydrogen) atoms. The monoisotopic (exact) mass is 1720 g/mol. The number of aliphatic carboxylic acids is 2. The second-order valence-corrected chi connectivity index (χ2v) is 35.2. The van der Waals surface area contributed by atoms with E-state index < -0.39 is 140 Å². The number of fused-ring (bicyclic) bond motifs is 1. The van der Waals surface area contributed by atoms with E-state index in [0.29, 0.717) is 34.7 Å². The van der Waals surface area contributed by atoms with Crippen molar-refractivity contribution in [2.75, 3.05) is 97.8 Å². The summed E-state index contributed by atoms with van der Waals surface area (Å²) in [6.45, 7) is 12.0. The fraction of sp³-hybridized carbons (Fsp3) is 0.554. The molecule has 0 fully saturated rings. The van der Waals surface area contributed by atoms with Crippen molar-refractivity contribution in [3.63, 3.8) is 0 Å². The Labute approximate surface area is 645 Å². The number of aliphatic imine (C=N–C) groups is 5. The Morgan fingerprint density at radius 3 is 1.34 bits per heavy atom. The molecular formula is C56H94Cl3N17O24S7. The number of alkyl carbamates (subject to hydrolysis) is 2. The number of sulfonamides is 5. The summed E-state index contributed by atoms with van der Waals surface area (Å²) < 4.78 is 135. The summed E-state index contributed by atoms with van der Waals surface area (Å²) in [5.74, 6) is -5.93. The largest absolute Gasteiger partial charge is 0.480 e. The normalized spacial score (nSPS) is 13.8. The Bertz CT molecular complexity index is 4130. The van der Waals surface area contributed by atoms with E-state index in [0.717, 1.165) is 42.8 Å². The average molecular weight is 1720 g/mol. The number of nitrogens with zero attached hydrogens (tertiary/aromatic N) is 6. The van der Waals surface area contributed by atoms with Gasteiger partial charge in [-0.15, -0.1) is 23.5 Å². The van der Waals surface area contributed by atoms with Crippen molar-refractivity contribution < 1.29 is 110 Å². The standard InChI is InChI=1S/C22H22Cl3N5O6S.C12H23N3O6S.C11H21N3O6S.C6H14N4O4S.C4H9NS2.CH5NO2S/c1-37(35,36)29-22(26)27-9-16(21(33)34)28-19(31)17-15(24)8-12-10-30(7-6-14(12)18(17)25)20(32)11-2-4-13(23)5-3-11;1-8(15-22(6,18)19)13-7-9(10(16)20-5)14-11(17)21-12(2,3)4;1-7(14-21(5,18)19)12-6-8(9(15)16)13-10(17)20-11(2,3)4;1-14-5(11)4(7)3-9-6(8)10-15(2,12)13;1-5-4(6-2)7-3;1-5(2,3)4/h2-5,8,16H,6-7,9-10H2,1H3,(H,28,31)(H,33,34)(H3,26,27,29);9H,7H2,1-6H3,(H,13,15)(H,14,17);8H,6H2,1-5H3,(H,12,14)(H,13,17)(H,15,16);4H,3,7H2,1-2H3,(H3,8,9,10);1-3H3;1H3,(H2,2,3,4)/t16-;9-;8-;4-;;/m0000../s1. The highest BCUT2D eigenvalue weighted by atomic mass is 35.5. The van der Waals surface area contributed by atoms with Crippen LogP contribution in [-0.4, -0.2) is 266 Å². The van der Waals surface area contributed by atoms with Gasteiger partial charge >= 0.3 is 36.1 Å². The molecule has 1 heterocycles. The third-order valence-electron chi connectivity index (χ3n) is 11.0. The zero-order chi connectivity index (χ0) is 84.1. The quantitative estimate of drug-likeness (QED) is 0.0333. The number of carboxylic acids is 2. The number of hydrogen-bond acceptors (Lipinski definition) is 30. The number of benzene rings is 2. The molecule has 0 radical (unpaired) electrons. The molecule has 3 rings (SSSR count). The maximum Gasteiger partial charge on any atom is 0.408 e. The van der Waals surface area contributed by atoms with E-state index in [4.69, 9.17) is 66.6 Å². The van der Waals surface area contributed by atoms with Crippen molar-refractivity contribution in [3.8, 4) is 0 Å². The fourth-order valence-electron chi connectivity index (χ4n) is 7.01. The minimum Gasteiger partial charge on any atom is -0.480 e. The number of carboxylic acid groups (broad SMARTS) is 2. The number of rotatable bonds is 21. The summed E-state index contributed by atoms with van der Waals surface area (Å²) in [4.78, 5) is 114. The zero-order valence-electron chi connectivity index (χ0n) is 61.5. The number of amidine groups is 2. The molecule has 0 saturated heterocycles. The van der Waals surface area contributed by atoms with Gasteiger partial charge in [-0.05, 0) is 116 Å². The van der Waals surface area contributed by atoms with E-state index in [-0.39, 0.29) is 65.3 Å². The number of thioether (sulfide) groups is 2. The topological polar surface area (TPSA) is 638 Å². The van der Waals surface area contributed by atoms with E-state index in [1.807, 2.05) is 29.0 Å². The molecule has 2 aromatic rings. The first-order valence-electron chi connectivity index (χ1n) is 29.8. The van der Waals surface area contributed by atoms with Gasteiger partial charge in [0, 0.05) is 30.7 Å². The Balaban J connectivity index is -0.00000134. The first-order chi connectivity index (χ1) is 48.5. The van der Waals surface area contributed by atoms with Crippen LogP contribution in [0.1, 0.15) is 87.2 Å². The number of esters is 2. The lowest BCUT2D eigenvalue weighted by atomic mass is 9.96. The summed E-state index contributed by atoms with van der Waals surface area (Å²) in [7, 11) is -13.1. The molecule has 1 aliphatic heterocycles. The smallest absolute Gasteiger partial charge is 0.408 e. The number of guanidine groups is 2. The SMILES string of the molecule is CC(=NC[C@H](NC(=O)OC(C)(C)C)C(=O)O)NS(C)(=O)=O.CN=C(SC)SC.COC(=O)[C@@H](N)CN=C(N)NS(C)(=O)=O.COC(=O)[C@H](CN=C(C)NS(C)(=O)=O)NC(=O)OC(C)(C)C.CS(=O)(=O)NC(N)=NC[C@H](NC(=O)c1c(Cl)cc2c(c1Cl)CCN(C(=O)c1ccc(Cl)cc1)C2)C(=O)O.CS(N)(=O)=O. The molecule has 51 heteroatoms. The molecule has 1 aliphatic rings. The second-order valence-electron chi connectivity index (χ2n) is 23.4. The highest BCUT2D eigenvalue weighted by molar-refractivity contribution is 8.38. The second kappa shape index (κ2) is 47.9. The van der Waals surface area contributed by atoms with Gasteiger partial charge in [0.05, 0.1) is 87.3 Å². The molecule has 4 atom stereocenters. The van der Waals surface area contributed by atoms with Gasteiger partial charge in [0.15, 0.2) is 0 Å². The minimum atomic E-state index is -3.71. The van der Waals surface area contributed by atoms with Crippen molar-refractivity contribution >= 4 is 184 Å². The van der Waals surface area contributed by atoms with Crippen LogP contribution >= 0.6 is 58.3 Å². The van der Waals surface area contributed by atoms with E-state index in [9.17, 15) is 85.6 Å². The predicted molar refractivity (Wildman–Crippen MR) is 411 cm³/mol. The van der Waals surface area contributed by atoms with Crippen LogP contribution in [0.25, 0.3) is 0 Å². The van der Waals surface area contributed by atoms with E-state index in [2.05, 4.69) is 65.0 Å². The number of primary sulfonamides is 1. The minimum absolute atomic E-state index is 0.0229. The molecule has 17 N–H and O–H groups in total. The van der Waals surface area contributed by atoms with Crippen LogP contribution in [0.4, 0.5) is 9.59 Å². The highest BCUT2D eigenvalue weighted by Gasteiger charge is 2.31. The summed E-state index contributed by atoms with van der Waals surface area (Å²) in [6, 6.07) is 3.09. The van der Waals surface area contributed by atoms with Crippen molar-refractivity contribution in [3.05, 3.63) is 67.7 Å². The van der Waals surface area contributed by atoms with Crippen LogP contribution in [0.2, 0.25) is 15.1 Å². The Morgan fingerprint density at radius 2 is 0.981 bits per heavy atom. The van der Waals surface area contributed by atoms with E-state index >= 15 is 0 Å². The van der Waals surface area contributed by atoms with Gasteiger partial charge in [0.1, 0.15) is 51.4 Å². The van der Waals surface area contributed by atoms with Crippen molar-refractivity contribution in [1.29, 1.82) is 0 Å². The molecule has 0 bridgehead atoms. The van der Waals surface area contributed by atoms with Crippen LogP contribution in [0.5, 0.6) is 0 Å². The van der Waals surface area contributed by atoms with Gasteiger partial charge in [0.2, 0.25) is 62.0 Å². The average Bonchev–Trinajstić information content (AvgIpc) is 0.774. The lowest BCUT2D eigenvalue weighted by Gasteiger charge is -2.30. The number of hydrogen-bond donors (Lipinski definition) is 13. The molecule has 0 aliphatic carbocycles. The number of carbonyl (C=O) groups excluding carboxylic acids is 6. The molecule has 2 aromatic carbocycles. The molecule has 610 valence electrons. The fourth-order valence-corrected chi connectivity index (χ4v) is 11.0. The van der Waals surface area contributed by atoms with Gasteiger partial charge in [0.25, 0.3) is 11.8 Å². The molecule has 0 aromatic heterocycles. The van der Waals surface area contributed by atoms with Crippen molar-refractivity contribution in [1.82, 2.24) is 39.7 Å². The number of nitrogens with one attached hydrogen (secondary N) is 7. The first kappa shape index (κ1) is 103.